The van der Waals surface area contributed by atoms with Gasteiger partial charge in [0.15, 0.2) is 8.32 Å². The van der Waals surface area contributed by atoms with E-state index in [-0.39, 0.29) is 10.7 Å². The fourth-order valence-corrected chi connectivity index (χ4v) is 3.96. The fraction of sp³-hybridized carbons (Fsp3) is 0.688. The van der Waals surface area contributed by atoms with Crippen molar-refractivity contribution in [1.29, 1.82) is 0 Å². The highest BCUT2D eigenvalue weighted by Gasteiger charge is 2.40. The highest BCUT2D eigenvalue weighted by molar-refractivity contribution is 6.74. The predicted octanol–water partition coefficient (Wildman–Crippen LogP) is 4.34. The second kappa shape index (κ2) is 6.57. The molecule has 0 bridgehead atoms. The van der Waals surface area contributed by atoms with Gasteiger partial charge in [0.1, 0.15) is 12.0 Å². The highest BCUT2D eigenvalue weighted by Crippen LogP contribution is 2.39. The van der Waals surface area contributed by atoms with Gasteiger partial charge in [-0.2, -0.15) is 0 Å². The molecule has 0 radical (unpaired) electrons. The predicted molar refractivity (Wildman–Crippen MR) is 94.2 cm³/mol. The maximum atomic E-state index is 10.6. The van der Waals surface area contributed by atoms with Crippen LogP contribution in [0.25, 0.3) is 0 Å². The van der Waals surface area contributed by atoms with Gasteiger partial charge in [0.25, 0.3) is 5.69 Å². The van der Waals surface area contributed by atoms with Gasteiger partial charge in [-0.05, 0) is 43.5 Å². The van der Waals surface area contributed by atoms with E-state index in [9.17, 15) is 10.1 Å². The molecule has 1 aliphatic rings. The number of pyridine rings is 1. The van der Waals surface area contributed by atoms with Crippen molar-refractivity contribution >= 4 is 19.8 Å². The molecule has 0 unspecified atom stereocenters. The van der Waals surface area contributed by atoms with Crippen LogP contribution in [0.2, 0.25) is 18.1 Å². The van der Waals surface area contributed by atoms with Crippen molar-refractivity contribution in [3.63, 3.8) is 0 Å². The van der Waals surface area contributed by atoms with Gasteiger partial charge < -0.3 is 9.74 Å². The van der Waals surface area contributed by atoms with Crippen LogP contribution in [0.3, 0.4) is 0 Å². The van der Waals surface area contributed by atoms with Gasteiger partial charge in [-0.25, -0.2) is 4.98 Å². The highest BCUT2D eigenvalue weighted by atomic mass is 28.4. The zero-order valence-electron chi connectivity index (χ0n) is 14.6. The minimum absolute atomic E-state index is 0.0149. The van der Waals surface area contributed by atoms with E-state index >= 15 is 0 Å². The maximum Gasteiger partial charge on any atom is 0.287 e. The van der Waals surface area contributed by atoms with Crippen LogP contribution < -0.4 is 5.32 Å². The SMILES string of the molecule is CC(C)(C)[Si](C)(C)O[C@H]1CC[C@H](Nc2ccc([N+](=O)[O-])cn2)C1. The van der Waals surface area contributed by atoms with E-state index in [2.05, 4.69) is 44.2 Å². The average Bonchev–Trinajstić information content (AvgIpc) is 2.84. The number of hydrogen-bond acceptors (Lipinski definition) is 5. The molecule has 2 atom stereocenters. The minimum Gasteiger partial charge on any atom is -0.414 e. The Kier molecular flexibility index (Phi) is 5.10. The van der Waals surface area contributed by atoms with Crippen LogP contribution in [0.1, 0.15) is 40.0 Å². The summed E-state index contributed by atoms with van der Waals surface area (Å²) in [5.41, 5.74) is 0.0149. The van der Waals surface area contributed by atoms with E-state index in [1.54, 1.807) is 6.07 Å². The van der Waals surface area contributed by atoms with Crippen molar-refractivity contribution < 1.29 is 9.35 Å². The summed E-state index contributed by atoms with van der Waals surface area (Å²) in [6.45, 7) is 11.3. The first kappa shape index (κ1) is 17.9. The molecular weight excluding hydrogens is 310 g/mol. The van der Waals surface area contributed by atoms with E-state index < -0.39 is 13.2 Å². The van der Waals surface area contributed by atoms with Crippen molar-refractivity contribution in [3.8, 4) is 0 Å². The zero-order valence-corrected chi connectivity index (χ0v) is 15.6. The summed E-state index contributed by atoms with van der Waals surface area (Å²) in [4.78, 5) is 14.3. The molecule has 1 aromatic heterocycles. The third-order valence-corrected chi connectivity index (χ3v) is 9.50. The molecule has 6 nitrogen and oxygen atoms in total. The monoisotopic (exact) mass is 337 g/mol. The lowest BCUT2D eigenvalue weighted by atomic mass is 10.2. The molecule has 0 aromatic carbocycles. The Morgan fingerprint density at radius 1 is 1.35 bits per heavy atom. The topological polar surface area (TPSA) is 77.3 Å². The van der Waals surface area contributed by atoms with Gasteiger partial charge in [-0.15, -0.1) is 0 Å². The van der Waals surface area contributed by atoms with Gasteiger partial charge in [0.2, 0.25) is 0 Å². The Balaban J connectivity index is 1.89. The molecule has 1 N–H and O–H groups in total. The molecule has 0 aliphatic heterocycles. The molecule has 23 heavy (non-hydrogen) atoms. The zero-order chi connectivity index (χ0) is 17.3. The molecule has 128 valence electrons. The quantitative estimate of drug-likeness (QED) is 0.491. The van der Waals surface area contributed by atoms with Gasteiger partial charge in [-0.3, -0.25) is 10.1 Å². The number of anilines is 1. The van der Waals surface area contributed by atoms with Crippen LogP contribution in [-0.4, -0.2) is 30.4 Å². The second-order valence-electron chi connectivity index (χ2n) is 7.81. The van der Waals surface area contributed by atoms with Crippen LogP contribution in [0.4, 0.5) is 11.5 Å². The summed E-state index contributed by atoms with van der Waals surface area (Å²) in [6, 6.07) is 3.47. The summed E-state index contributed by atoms with van der Waals surface area (Å²) < 4.78 is 6.47. The lowest BCUT2D eigenvalue weighted by molar-refractivity contribution is -0.385. The first-order valence-electron chi connectivity index (χ1n) is 8.13. The molecule has 1 saturated carbocycles. The van der Waals surface area contributed by atoms with E-state index in [4.69, 9.17) is 4.43 Å². The Morgan fingerprint density at radius 2 is 2.04 bits per heavy atom. The normalized spacial score (nSPS) is 22.1. The smallest absolute Gasteiger partial charge is 0.287 e. The number of nitrogens with zero attached hydrogens (tertiary/aromatic N) is 2. The van der Waals surface area contributed by atoms with Crippen LogP contribution in [0.5, 0.6) is 0 Å². The molecule has 1 aliphatic carbocycles. The van der Waals surface area contributed by atoms with Crippen LogP contribution in [0, 0.1) is 10.1 Å². The largest absolute Gasteiger partial charge is 0.414 e. The molecule has 1 heterocycles. The Morgan fingerprint density at radius 3 is 2.57 bits per heavy atom. The van der Waals surface area contributed by atoms with Crippen molar-refractivity contribution in [2.24, 2.45) is 0 Å². The lowest BCUT2D eigenvalue weighted by Crippen LogP contribution is -2.43. The number of rotatable bonds is 5. The minimum atomic E-state index is -1.73. The summed E-state index contributed by atoms with van der Waals surface area (Å²) >= 11 is 0. The lowest BCUT2D eigenvalue weighted by Gasteiger charge is -2.38. The van der Waals surface area contributed by atoms with Gasteiger partial charge in [0, 0.05) is 18.2 Å². The first-order valence-corrected chi connectivity index (χ1v) is 11.0. The third-order valence-electron chi connectivity index (χ3n) is 4.96. The third kappa shape index (κ3) is 4.51. The van der Waals surface area contributed by atoms with E-state index in [0.717, 1.165) is 19.3 Å². The number of nitro groups is 1. The van der Waals surface area contributed by atoms with E-state index in [1.165, 1.54) is 12.3 Å². The summed E-state index contributed by atoms with van der Waals surface area (Å²) in [5.74, 6) is 0.688. The van der Waals surface area contributed by atoms with Gasteiger partial charge in [0.05, 0.1) is 4.92 Å². The molecule has 0 amide bonds. The van der Waals surface area contributed by atoms with Crippen LogP contribution in [0.15, 0.2) is 18.3 Å². The Hall–Kier alpha value is -1.47. The number of aromatic nitrogens is 1. The molecule has 0 saturated heterocycles. The van der Waals surface area contributed by atoms with E-state index in [0.29, 0.717) is 18.0 Å². The molecular formula is C16H27N3O3Si. The number of nitrogens with one attached hydrogen (secondary N) is 1. The van der Waals surface area contributed by atoms with Crippen molar-refractivity contribution in [2.75, 3.05) is 5.32 Å². The van der Waals surface area contributed by atoms with Gasteiger partial charge >= 0.3 is 0 Å². The van der Waals surface area contributed by atoms with Crippen molar-refractivity contribution in [2.45, 2.75) is 70.3 Å². The van der Waals surface area contributed by atoms with E-state index in [1.807, 2.05) is 0 Å². The van der Waals surface area contributed by atoms with Crippen molar-refractivity contribution in [3.05, 3.63) is 28.4 Å². The second-order valence-corrected chi connectivity index (χ2v) is 12.6. The van der Waals surface area contributed by atoms with Gasteiger partial charge in [-0.1, -0.05) is 20.8 Å². The molecule has 7 heteroatoms. The summed E-state index contributed by atoms with van der Waals surface area (Å²) in [5, 5.41) is 14.2. The average molecular weight is 337 g/mol. The molecule has 1 aromatic rings. The molecule has 2 rings (SSSR count). The number of hydrogen-bond donors (Lipinski definition) is 1. The standard InChI is InChI=1S/C16H27N3O3Si/c1-16(2,3)23(4,5)22-14-8-6-12(10-14)18-15-9-7-13(11-17-15)19(20)21/h7,9,11-12,14H,6,8,10H2,1-5H3,(H,17,18)/t12-,14-/m0/s1. The maximum absolute atomic E-state index is 10.6. The Bertz CT molecular complexity index is 555. The van der Waals surface area contributed by atoms with Crippen LogP contribution >= 0.6 is 0 Å². The van der Waals surface area contributed by atoms with Crippen LogP contribution in [-0.2, 0) is 4.43 Å². The first-order chi connectivity index (χ1) is 10.6. The fourth-order valence-electron chi connectivity index (χ4n) is 2.56. The Labute approximate surface area is 138 Å². The molecule has 1 fully saturated rings. The summed E-state index contributed by atoms with van der Waals surface area (Å²) in [7, 11) is -1.73. The van der Waals surface area contributed by atoms with Crippen molar-refractivity contribution in [1.82, 2.24) is 4.98 Å². The summed E-state index contributed by atoms with van der Waals surface area (Å²) in [6.07, 6.45) is 4.65. The molecule has 0 spiro atoms.